The number of aromatic amines is 2. The molecule has 0 bridgehead atoms. The minimum Gasteiger partial charge on any atom is -0.346 e. The molecule has 0 aromatic carbocycles. The zero-order chi connectivity index (χ0) is 9.54. The average molecular weight is 187 g/mol. The van der Waals surface area contributed by atoms with E-state index in [9.17, 15) is 0 Å². The number of nitrogens with one attached hydrogen (secondary N) is 2. The molecule has 0 saturated carbocycles. The third-order valence-corrected chi connectivity index (χ3v) is 2.28. The van der Waals surface area contributed by atoms with Crippen molar-refractivity contribution in [1.82, 2.24) is 19.9 Å². The minimum atomic E-state index is 0.417. The predicted octanol–water partition coefficient (Wildman–Crippen LogP) is 0.898. The molecular formula is C9H9N5. The molecule has 0 saturated heterocycles. The normalized spacial score (nSPS) is 11.5. The van der Waals surface area contributed by atoms with Gasteiger partial charge in [0.25, 0.3) is 0 Å². The summed E-state index contributed by atoms with van der Waals surface area (Å²) in [7, 11) is 0. The number of rotatable bonds is 1. The van der Waals surface area contributed by atoms with Crippen LogP contribution in [0, 0.1) is 0 Å². The summed E-state index contributed by atoms with van der Waals surface area (Å²) in [6, 6.07) is 1.96. The molecule has 70 valence electrons. The van der Waals surface area contributed by atoms with E-state index in [4.69, 9.17) is 5.73 Å². The quantitative estimate of drug-likeness (QED) is 0.529. The van der Waals surface area contributed by atoms with Crippen molar-refractivity contribution in [3.63, 3.8) is 0 Å². The summed E-state index contributed by atoms with van der Waals surface area (Å²) < 4.78 is 0. The van der Waals surface area contributed by atoms with Crippen LogP contribution in [-0.4, -0.2) is 19.9 Å². The van der Waals surface area contributed by atoms with E-state index in [1.54, 1.807) is 6.20 Å². The van der Waals surface area contributed by atoms with Crippen LogP contribution in [0.1, 0.15) is 5.82 Å². The Hall–Kier alpha value is -1.88. The van der Waals surface area contributed by atoms with E-state index in [1.807, 2.05) is 12.3 Å². The molecule has 0 aliphatic heterocycles. The van der Waals surface area contributed by atoms with Gasteiger partial charge in [-0.2, -0.15) is 0 Å². The Balaban J connectivity index is 2.49. The van der Waals surface area contributed by atoms with Gasteiger partial charge in [-0.3, -0.25) is 0 Å². The van der Waals surface area contributed by atoms with Crippen molar-refractivity contribution in [2.24, 2.45) is 5.73 Å². The Morgan fingerprint density at radius 1 is 1.43 bits per heavy atom. The average Bonchev–Trinajstić information content (AvgIpc) is 2.82. The van der Waals surface area contributed by atoms with E-state index in [0.717, 1.165) is 27.9 Å². The molecule has 14 heavy (non-hydrogen) atoms. The van der Waals surface area contributed by atoms with Crippen LogP contribution in [0.15, 0.2) is 18.5 Å². The molecule has 4 N–H and O–H groups in total. The van der Waals surface area contributed by atoms with E-state index < -0.39 is 0 Å². The third-order valence-electron chi connectivity index (χ3n) is 2.28. The summed E-state index contributed by atoms with van der Waals surface area (Å²) in [6.45, 7) is 0.417. The molecule has 3 rings (SSSR count). The van der Waals surface area contributed by atoms with Gasteiger partial charge in [0.1, 0.15) is 17.0 Å². The third kappa shape index (κ3) is 0.869. The Labute approximate surface area is 79.4 Å². The van der Waals surface area contributed by atoms with Crippen molar-refractivity contribution in [3.05, 3.63) is 24.3 Å². The van der Waals surface area contributed by atoms with E-state index in [0.29, 0.717) is 6.54 Å². The summed E-state index contributed by atoms with van der Waals surface area (Å²) in [5.74, 6) is 0.788. The number of imidazole rings is 1. The molecule has 3 heterocycles. The van der Waals surface area contributed by atoms with Crippen molar-refractivity contribution < 1.29 is 0 Å². The maximum Gasteiger partial charge on any atom is 0.139 e. The number of pyridine rings is 1. The van der Waals surface area contributed by atoms with Crippen LogP contribution in [0.2, 0.25) is 0 Å². The first kappa shape index (κ1) is 7.52. The fraction of sp³-hybridized carbons (Fsp3) is 0.111. The summed E-state index contributed by atoms with van der Waals surface area (Å²) in [5, 5.41) is 1.03. The highest BCUT2D eigenvalue weighted by atomic mass is 15.0. The molecule has 0 fully saturated rings. The zero-order valence-electron chi connectivity index (χ0n) is 7.41. The van der Waals surface area contributed by atoms with Crippen molar-refractivity contribution in [3.8, 4) is 0 Å². The van der Waals surface area contributed by atoms with Crippen molar-refractivity contribution in [1.29, 1.82) is 0 Å². The molecule has 0 aliphatic rings. The number of fused-ring (bicyclic) bond motifs is 3. The van der Waals surface area contributed by atoms with Gasteiger partial charge >= 0.3 is 0 Å². The summed E-state index contributed by atoms with van der Waals surface area (Å²) in [6.07, 6.45) is 3.62. The fourth-order valence-electron chi connectivity index (χ4n) is 1.62. The second-order valence-corrected chi connectivity index (χ2v) is 3.15. The van der Waals surface area contributed by atoms with Gasteiger partial charge in [0.05, 0.1) is 18.3 Å². The highest BCUT2D eigenvalue weighted by Crippen LogP contribution is 2.20. The van der Waals surface area contributed by atoms with Crippen LogP contribution in [-0.2, 0) is 6.54 Å². The van der Waals surface area contributed by atoms with E-state index >= 15 is 0 Å². The number of nitrogens with zero attached hydrogens (tertiary/aromatic N) is 2. The van der Waals surface area contributed by atoms with Gasteiger partial charge in [0.15, 0.2) is 0 Å². The standard InChI is InChI=1S/C9H9N5/c10-3-7-13-6-4-12-9-5(1-2-11-9)8(6)14-7/h1-2,4H,3,10H2,(H,11,12)(H,13,14). The van der Waals surface area contributed by atoms with Gasteiger partial charge in [-0.15, -0.1) is 0 Å². The fourth-order valence-corrected chi connectivity index (χ4v) is 1.62. The summed E-state index contributed by atoms with van der Waals surface area (Å²) in [4.78, 5) is 14.8. The molecule has 3 aromatic rings. The van der Waals surface area contributed by atoms with Gasteiger partial charge in [0, 0.05) is 11.6 Å². The molecule has 0 atom stereocenters. The van der Waals surface area contributed by atoms with Crippen LogP contribution in [0.4, 0.5) is 0 Å². The topological polar surface area (TPSA) is 83.4 Å². The first-order valence-electron chi connectivity index (χ1n) is 4.39. The molecule has 3 aromatic heterocycles. The maximum atomic E-state index is 5.51. The van der Waals surface area contributed by atoms with Gasteiger partial charge in [-0.05, 0) is 6.07 Å². The van der Waals surface area contributed by atoms with Gasteiger partial charge in [-0.1, -0.05) is 0 Å². The highest BCUT2D eigenvalue weighted by molar-refractivity contribution is 6.00. The first-order valence-corrected chi connectivity index (χ1v) is 4.39. The number of hydrogen-bond donors (Lipinski definition) is 3. The number of aromatic nitrogens is 4. The van der Waals surface area contributed by atoms with Gasteiger partial charge in [-0.25, -0.2) is 9.97 Å². The lowest BCUT2D eigenvalue weighted by Crippen LogP contribution is -1.97. The minimum absolute atomic E-state index is 0.417. The first-order chi connectivity index (χ1) is 6.88. The molecule has 5 nitrogen and oxygen atoms in total. The second kappa shape index (κ2) is 2.55. The van der Waals surface area contributed by atoms with Crippen LogP contribution >= 0.6 is 0 Å². The van der Waals surface area contributed by atoms with Gasteiger partial charge in [0.2, 0.25) is 0 Å². The van der Waals surface area contributed by atoms with Crippen molar-refractivity contribution in [2.75, 3.05) is 0 Å². The lowest BCUT2D eigenvalue weighted by molar-refractivity contribution is 0.959. The van der Waals surface area contributed by atoms with Crippen molar-refractivity contribution >= 4 is 22.1 Å². The van der Waals surface area contributed by atoms with Crippen molar-refractivity contribution in [2.45, 2.75) is 6.54 Å². The molecule has 0 unspecified atom stereocenters. The number of hydrogen-bond acceptors (Lipinski definition) is 3. The molecule has 0 spiro atoms. The number of nitrogens with two attached hydrogens (primary N) is 1. The molecular weight excluding hydrogens is 178 g/mol. The van der Waals surface area contributed by atoms with E-state index in [-0.39, 0.29) is 0 Å². The van der Waals surface area contributed by atoms with Crippen LogP contribution in [0.25, 0.3) is 22.1 Å². The highest BCUT2D eigenvalue weighted by Gasteiger charge is 2.06. The Morgan fingerprint density at radius 3 is 3.21 bits per heavy atom. The molecule has 0 aliphatic carbocycles. The second-order valence-electron chi connectivity index (χ2n) is 3.15. The van der Waals surface area contributed by atoms with Gasteiger partial charge < -0.3 is 15.7 Å². The van der Waals surface area contributed by atoms with E-state index in [1.165, 1.54) is 0 Å². The molecule has 5 heteroatoms. The summed E-state index contributed by atoms with van der Waals surface area (Å²) in [5.41, 5.74) is 8.22. The monoisotopic (exact) mass is 187 g/mol. The zero-order valence-corrected chi connectivity index (χ0v) is 7.41. The largest absolute Gasteiger partial charge is 0.346 e. The van der Waals surface area contributed by atoms with Crippen LogP contribution in [0.3, 0.4) is 0 Å². The Kier molecular flexibility index (Phi) is 1.37. The van der Waals surface area contributed by atoms with E-state index in [2.05, 4.69) is 19.9 Å². The Bertz CT molecular complexity index is 591. The maximum absolute atomic E-state index is 5.51. The molecule has 0 radical (unpaired) electrons. The summed E-state index contributed by atoms with van der Waals surface area (Å²) >= 11 is 0. The molecule has 0 amide bonds. The lowest BCUT2D eigenvalue weighted by atomic mass is 10.3. The Morgan fingerprint density at radius 2 is 2.36 bits per heavy atom. The smallest absolute Gasteiger partial charge is 0.139 e. The predicted molar refractivity (Wildman–Crippen MR) is 53.6 cm³/mol. The SMILES string of the molecule is NCc1nc2c(cnc3[nH]ccc32)[nH]1. The van der Waals surface area contributed by atoms with Crippen LogP contribution < -0.4 is 5.73 Å². The lowest BCUT2D eigenvalue weighted by Gasteiger charge is -1.88. The van der Waals surface area contributed by atoms with Crippen LogP contribution in [0.5, 0.6) is 0 Å². The number of H-pyrrole nitrogens is 2.